The third kappa shape index (κ3) is 4.04. The second kappa shape index (κ2) is 7.64. The molecule has 0 radical (unpaired) electrons. The Morgan fingerprint density at radius 1 is 1.12 bits per heavy atom. The van der Waals surface area contributed by atoms with Crippen LogP contribution in [0.15, 0.2) is 42.5 Å². The predicted molar refractivity (Wildman–Crippen MR) is 89.3 cm³/mol. The highest BCUT2D eigenvalue weighted by Crippen LogP contribution is 2.31. The van der Waals surface area contributed by atoms with Gasteiger partial charge in [0.1, 0.15) is 25.6 Å². The van der Waals surface area contributed by atoms with E-state index in [1.54, 1.807) is 36.4 Å². The standard InChI is InChI=1S/C17H14Cl2O5/c18-11-5-6-13(12(19)9-11)21-7-8-22-17(20)16-10-23-14-3-1-2-4-15(14)24-16/h1-6,9,16H,7-8,10H2/t16-/m0/s1. The zero-order valence-corrected chi connectivity index (χ0v) is 14.0. The topological polar surface area (TPSA) is 54.0 Å². The van der Waals surface area contributed by atoms with Crippen LogP contribution in [0, 0.1) is 0 Å². The molecule has 1 aliphatic heterocycles. The molecule has 126 valence electrons. The molecule has 1 atom stereocenters. The fraction of sp³-hybridized carbons (Fsp3) is 0.235. The van der Waals surface area contributed by atoms with E-state index in [1.165, 1.54) is 0 Å². The van der Waals surface area contributed by atoms with Crippen LogP contribution in [0.2, 0.25) is 10.0 Å². The molecule has 2 aromatic carbocycles. The number of hydrogen-bond acceptors (Lipinski definition) is 5. The number of benzene rings is 2. The lowest BCUT2D eigenvalue weighted by Gasteiger charge is -2.24. The predicted octanol–water partition coefficient (Wildman–Crippen LogP) is 3.76. The molecule has 0 saturated heterocycles. The van der Waals surface area contributed by atoms with Gasteiger partial charge in [0.2, 0.25) is 6.10 Å². The van der Waals surface area contributed by atoms with Gasteiger partial charge in [-0.25, -0.2) is 4.79 Å². The van der Waals surface area contributed by atoms with Crippen LogP contribution in [0.25, 0.3) is 0 Å². The summed E-state index contributed by atoms with van der Waals surface area (Å²) in [6.07, 6.45) is -0.793. The fourth-order valence-corrected chi connectivity index (χ4v) is 2.58. The van der Waals surface area contributed by atoms with Crippen molar-refractivity contribution in [1.82, 2.24) is 0 Å². The van der Waals surface area contributed by atoms with E-state index in [1.807, 2.05) is 6.07 Å². The molecule has 1 aliphatic rings. The molecule has 1 heterocycles. The summed E-state index contributed by atoms with van der Waals surface area (Å²) >= 11 is 11.8. The average Bonchev–Trinajstić information content (AvgIpc) is 2.59. The summed E-state index contributed by atoms with van der Waals surface area (Å²) in [5.74, 6) is 1.11. The number of halogens is 2. The Hall–Kier alpha value is -2.11. The van der Waals surface area contributed by atoms with E-state index in [0.29, 0.717) is 27.3 Å². The zero-order chi connectivity index (χ0) is 16.9. The number of carbonyl (C=O) groups is 1. The van der Waals surface area contributed by atoms with Crippen LogP contribution < -0.4 is 14.2 Å². The molecule has 0 saturated carbocycles. The number of hydrogen-bond donors (Lipinski definition) is 0. The normalized spacial score (nSPS) is 15.7. The first kappa shape index (κ1) is 16.7. The van der Waals surface area contributed by atoms with Gasteiger partial charge in [-0.2, -0.15) is 0 Å². The Morgan fingerprint density at radius 3 is 2.71 bits per heavy atom. The highest BCUT2D eigenvalue weighted by Gasteiger charge is 2.28. The summed E-state index contributed by atoms with van der Waals surface area (Å²) in [7, 11) is 0. The molecule has 7 heteroatoms. The van der Waals surface area contributed by atoms with E-state index in [4.69, 9.17) is 42.1 Å². The maximum atomic E-state index is 12.0. The number of rotatable bonds is 5. The first-order valence-electron chi connectivity index (χ1n) is 7.26. The van der Waals surface area contributed by atoms with Crippen LogP contribution in [0.4, 0.5) is 0 Å². The third-order valence-corrected chi connectivity index (χ3v) is 3.78. The molecule has 0 N–H and O–H groups in total. The van der Waals surface area contributed by atoms with Crippen LogP contribution in [0.1, 0.15) is 0 Å². The Bertz CT molecular complexity index is 735. The molecule has 0 aliphatic carbocycles. The van der Waals surface area contributed by atoms with Crippen LogP contribution in [0.3, 0.4) is 0 Å². The molecule has 24 heavy (non-hydrogen) atoms. The SMILES string of the molecule is O=C(OCCOc1ccc(Cl)cc1Cl)[C@@H]1COc2ccccc2O1. The Labute approximate surface area is 149 Å². The van der Waals surface area contributed by atoms with Crippen LogP contribution >= 0.6 is 23.2 Å². The molecular weight excluding hydrogens is 355 g/mol. The molecule has 2 aromatic rings. The molecule has 0 bridgehead atoms. The van der Waals surface area contributed by atoms with Gasteiger partial charge in [-0.05, 0) is 30.3 Å². The quantitative estimate of drug-likeness (QED) is 0.594. The summed E-state index contributed by atoms with van der Waals surface area (Å²) < 4.78 is 21.6. The van der Waals surface area contributed by atoms with Crippen molar-refractivity contribution in [2.24, 2.45) is 0 Å². The van der Waals surface area contributed by atoms with Crippen molar-refractivity contribution in [2.45, 2.75) is 6.10 Å². The molecule has 3 rings (SSSR count). The van der Waals surface area contributed by atoms with Gasteiger partial charge < -0.3 is 18.9 Å². The van der Waals surface area contributed by atoms with Crippen molar-refractivity contribution < 1.29 is 23.7 Å². The third-order valence-electron chi connectivity index (χ3n) is 3.25. The molecular formula is C17H14Cl2O5. The van der Waals surface area contributed by atoms with Gasteiger partial charge in [0.15, 0.2) is 11.5 Å². The number of esters is 1. The number of fused-ring (bicyclic) bond motifs is 1. The first-order valence-corrected chi connectivity index (χ1v) is 8.02. The van der Waals surface area contributed by atoms with E-state index < -0.39 is 12.1 Å². The second-order valence-electron chi connectivity index (χ2n) is 4.95. The lowest BCUT2D eigenvalue weighted by Crippen LogP contribution is -2.38. The van der Waals surface area contributed by atoms with Crippen molar-refractivity contribution in [3.8, 4) is 17.2 Å². The molecule has 0 unspecified atom stereocenters. The van der Waals surface area contributed by atoms with E-state index in [0.717, 1.165) is 0 Å². The fourth-order valence-electron chi connectivity index (χ4n) is 2.11. The largest absolute Gasteiger partial charge is 0.488 e. The average molecular weight is 369 g/mol. The Balaban J connectivity index is 1.45. The summed E-state index contributed by atoms with van der Waals surface area (Å²) in [6, 6.07) is 12.1. The van der Waals surface area contributed by atoms with Crippen LogP contribution in [-0.2, 0) is 9.53 Å². The van der Waals surface area contributed by atoms with E-state index >= 15 is 0 Å². The smallest absolute Gasteiger partial charge is 0.351 e. The Morgan fingerprint density at radius 2 is 1.92 bits per heavy atom. The molecule has 5 nitrogen and oxygen atoms in total. The maximum absolute atomic E-state index is 12.0. The minimum atomic E-state index is -0.793. The van der Waals surface area contributed by atoms with Crippen LogP contribution in [-0.4, -0.2) is 31.9 Å². The molecule has 0 amide bonds. The van der Waals surface area contributed by atoms with Gasteiger partial charge in [0.25, 0.3) is 0 Å². The van der Waals surface area contributed by atoms with Crippen molar-refractivity contribution >= 4 is 29.2 Å². The van der Waals surface area contributed by atoms with Gasteiger partial charge >= 0.3 is 5.97 Å². The summed E-state index contributed by atoms with van der Waals surface area (Å²) in [5, 5.41) is 0.919. The maximum Gasteiger partial charge on any atom is 0.351 e. The van der Waals surface area contributed by atoms with Crippen molar-refractivity contribution in [3.05, 3.63) is 52.5 Å². The molecule has 0 fully saturated rings. The lowest BCUT2D eigenvalue weighted by atomic mass is 10.2. The van der Waals surface area contributed by atoms with Gasteiger partial charge in [-0.15, -0.1) is 0 Å². The van der Waals surface area contributed by atoms with Gasteiger partial charge in [-0.3, -0.25) is 0 Å². The highest BCUT2D eigenvalue weighted by atomic mass is 35.5. The van der Waals surface area contributed by atoms with Crippen LogP contribution in [0.5, 0.6) is 17.2 Å². The number of para-hydroxylation sites is 2. The zero-order valence-electron chi connectivity index (χ0n) is 12.5. The van der Waals surface area contributed by atoms with Gasteiger partial charge in [0, 0.05) is 5.02 Å². The minimum Gasteiger partial charge on any atom is -0.488 e. The van der Waals surface area contributed by atoms with Gasteiger partial charge in [-0.1, -0.05) is 35.3 Å². The monoisotopic (exact) mass is 368 g/mol. The highest BCUT2D eigenvalue weighted by molar-refractivity contribution is 6.35. The summed E-state index contributed by atoms with van der Waals surface area (Å²) in [6.45, 7) is 0.344. The van der Waals surface area contributed by atoms with E-state index in [2.05, 4.69) is 0 Å². The van der Waals surface area contributed by atoms with E-state index in [-0.39, 0.29) is 19.8 Å². The second-order valence-corrected chi connectivity index (χ2v) is 5.80. The van der Waals surface area contributed by atoms with Crippen molar-refractivity contribution in [2.75, 3.05) is 19.8 Å². The number of ether oxygens (including phenoxy) is 4. The first-order chi connectivity index (χ1) is 11.6. The summed E-state index contributed by atoms with van der Waals surface area (Å²) in [4.78, 5) is 12.0. The van der Waals surface area contributed by atoms with Gasteiger partial charge in [0.05, 0.1) is 5.02 Å². The lowest BCUT2D eigenvalue weighted by molar-refractivity contribution is -0.155. The minimum absolute atomic E-state index is 0.0687. The summed E-state index contributed by atoms with van der Waals surface area (Å²) in [5.41, 5.74) is 0. The van der Waals surface area contributed by atoms with Crippen molar-refractivity contribution in [1.29, 1.82) is 0 Å². The molecule has 0 aromatic heterocycles. The Kier molecular flexibility index (Phi) is 5.33. The number of carbonyl (C=O) groups excluding carboxylic acids is 1. The van der Waals surface area contributed by atoms with E-state index in [9.17, 15) is 4.79 Å². The molecule has 0 spiro atoms. The van der Waals surface area contributed by atoms with Crippen molar-refractivity contribution in [3.63, 3.8) is 0 Å².